The molecule has 0 aromatic heterocycles. The zero-order valence-corrected chi connectivity index (χ0v) is 20.3. The van der Waals surface area contributed by atoms with Crippen molar-refractivity contribution < 1.29 is 18.0 Å². The summed E-state index contributed by atoms with van der Waals surface area (Å²) in [6, 6.07) is 26.9. The number of hydrogen-bond acceptors (Lipinski definition) is 4. The van der Waals surface area contributed by atoms with Gasteiger partial charge >= 0.3 is 0 Å². The van der Waals surface area contributed by atoms with Crippen LogP contribution in [0.2, 0.25) is 0 Å². The number of rotatable bonds is 5. The van der Waals surface area contributed by atoms with Gasteiger partial charge in [0.25, 0.3) is 15.9 Å². The molecule has 0 aliphatic carbocycles. The summed E-state index contributed by atoms with van der Waals surface area (Å²) < 4.78 is 28.2. The molecule has 0 spiro atoms. The molecular weight excluding hydrogens is 474 g/mol. The van der Waals surface area contributed by atoms with E-state index in [1.807, 2.05) is 60.7 Å². The second-order valence-electron chi connectivity index (χ2n) is 8.70. The predicted molar refractivity (Wildman–Crippen MR) is 139 cm³/mol. The second kappa shape index (κ2) is 9.83. The van der Waals surface area contributed by atoms with Gasteiger partial charge in [0.2, 0.25) is 5.91 Å². The van der Waals surface area contributed by atoms with Gasteiger partial charge in [0.1, 0.15) is 0 Å². The lowest BCUT2D eigenvalue weighted by Crippen LogP contribution is -2.42. The topological polar surface area (TPSA) is 95.6 Å². The van der Waals surface area contributed by atoms with Gasteiger partial charge in [-0.15, -0.1) is 0 Å². The number of hydrazine groups is 1. The average Bonchev–Trinajstić information content (AvgIpc) is 2.91. The van der Waals surface area contributed by atoms with Crippen LogP contribution in [0, 0.1) is 0 Å². The molecule has 1 heterocycles. The van der Waals surface area contributed by atoms with Crippen LogP contribution in [0.1, 0.15) is 27.9 Å². The van der Waals surface area contributed by atoms with Crippen LogP contribution in [0.4, 0.5) is 5.69 Å². The lowest BCUT2D eigenvalue weighted by molar-refractivity contribution is -0.121. The molecule has 8 heteroatoms. The number of nitrogens with zero attached hydrogens (tertiary/aromatic N) is 1. The Morgan fingerprint density at radius 2 is 1.58 bits per heavy atom. The molecular formula is C28H25N3O4S. The maximum absolute atomic E-state index is 13.4. The van der Waals surface area contributed by atoms with Gasteiger partial charge in [0.15, 0.2) is 0 Å². The molecule has 182 valence electrons. The highest BCUT2D eigenvalue weighted by Gasteiger charge is 2.29. The Kier molecular flexibility index (Phi) is 6.43. The fourth-order valence-corrected chi connectivity index (χ4v) is 6.04. The van der Waals surface area contributed by atoms with E-state index in [-0.39, 0.29) is 22.8 Å². The van der Waals surface area contributed by atoms with E-state index in [0.29, 0.717) is 12.2 Å². The molecule has 5 rings (SSSR count). The molecule has 0 radical (unpaired) electrons. The number of hydrogen-bond donors (Lipinski definition) is 2. The molecule has 4 aromatic rings. The first-order chi connectivity index (χ1) is 17.4. The minimum Gasteiger partial charge on any atom is -0.273 e. The highest BCUT2D eigenvalue weighted by Crippen LogP contribution is 2.32. The Bertz CT molecular complexity index is 1570. The molecule has 0 saturated heterocycles. The van der Waals surface area contributed by atoms with Crippen LogP contribution in [-0.4, -0.2) is 26.8 Å². The molecule has 7 nitrogen and oxygen atoms in total. The summed E-state index contributed by atoms with van der Waals surface area (Å²) in [6.45, 7) is 0.376. The lowest BCUT2D eigenvalue weighted by atomic mass is 10.0. The number of amides is 2. The lowest BCUT2D eigenvalue weighted by Gasteiger charge is -2.30. The number of sulfonamides is 1. The minimum atomic E-state index is -3.86. The average molecular weight is 500 g/mol. The van der Waals surface area contributed by atoms with Crippen molar-refractivity contribution in [1.82, 2.24) is 10.9 Å². The summed E-state index contributed by atoms with van der Waals surface area (Å²) in [5, 5.41) is 2.11. The first kappa shape index (κ1) is 23.6. The van der Waals surface area contributed by atoms with E-state index in [4.69, 9.17) is 0 Å². The van der Waals surface area contributed by atoms with Gasteiger partial charge in [0, 0.05) is 12.1 Å². The van der Waals surface area contributed by atoms with Crippen LogP contribution < -0.4 is 15.2 Å². The zero-order chi connectivity index (χ0) is 25.1. The van der Waals surface area contributed by atoms with Crippen LogP contribution in [0.15, 0.2) is 95.9 Å². The normalized spacial score (nSPS) is 13.2. The Balaban J connectivity index is 1.26. The summed E-state index contributed by atoms with van der Waals surface area (Å²) in [6.07, 6.45) is 1.64. The summed E-state index contributed by atoms with van der Waals surface area (Å²) in [4.78, 5) is 25.1. The molecule has 1 aliphatic heterocycles. The predicted octanol–water partition coefficient (Wildman–Crippen LogP) is 3.99. The number of para-hydroxylation sites is 1. The van der Waals surface area contributed by atoms with Crippen molar-refractivity contribution in [2.24, 2.45) is 0 Å². The van der Waals surface area contributed by atoms with E-state index < -0.39 is 15.9 Å². The molecule has 2 N–H and O–H groups in total. The molecule has 0 bridgehead atoms. The number of benzene rings is 4. The second-order valence-corrected chi connectivity index (χ2v) is 10.6. The fourth-order valence-electron chi connectivity index (χ4n) is 4.45. The molecule has 1 aliphatic rings. The number of nitrogens with one attached hydrogen (secondary N) is 2. The third kappa shape index (κ3) is 4.81. The van der Waals surface area contributed by atoms with Crippen molar-refractivity contribution in [3.8, 4) is 0 Å². The highest BCUT2D eigenvalue weighted by molar-refractivity contribution is 7.92. The van der Waals surface area contributed by atoms with Crippen molar-refractivity contribution in [2.45, 2.75) is 24.2 Å². The Morgan fingerprint density at radius 1 is 0.806 bits per heavy atom. The first-order valence-electron chi connectivity index (χ1n) is 11.7. The maximum atomic E-state index is 13.4. The quantitative estimate of drug-likeness (QED) is 0.406. The Labute approximate surface area is 209 Å². The van der Waals surface area contributed by atoms with Crippen LogP contribution >= 0.6 is 0 Å². The van der Waals surface area contributed by atoms with Gasteiger partial charge in [-0.05, 0) is 59.0 Å². The van der Waals surface area contributed by atoms with E-state index >= 15 is 0 Å². The summed E-state index contributed by atoms with van der Waals surface area (Å²) in [7, 11) is -3.86. The van der Waals surface area contributed by atoms with Gasteiger partial charge in [-0.2, -0.15) is 0 Å². The smallest absolute Gasteiger partial charge is 0.269 e. The van der Waals surface area contributed by atoms with Gasteiger partial charge in [-0.3, -0.25) is 24.7 Å². The molecule has 0 saturated carbocycles. The largest absolute Gasteiger partial charge is 0.273 e. The van der Waals surface area contributed by atoms with Crippen molar-refractivity contribution in [1.29, 1.82) is 0 Å². The number of carbonyl (C=O) groups is 2. The monoisotopic (exact) mass is 499 g/mol. The zero-order valence-electron chi connectivity index (χ0n) is 19.5. The molecule has 36 heavy (non-hydrogen) atoms. The SMILES string of the molecule is O=C(Cc1ccc2ccccc2c1)NNC(=O)c1cccc(S(=O)(=O)N2CCCc3ccccc32)c1. The number of anilines is 1. The Morgan fingerprint density at radius 3 is 2.44 bits per heavy atom. The van der Waals surface area contributed by atoms with Gasteiger partial charge in [0.05, 0.1) is 17.0 Å². The molecule has 0 unspecified atom stereocenters. The Hall–Kier alpha value is -4.17. The standard InChI is InChI=1S/C28H25N3O4S/c32-27(18-20-14-15-21-7-1-2-9-23(21)17-20)29-30-28(33)24-10-5-12-25(19-24)36(34,35)31-16-6-11-22-8-3-4-13-26(22)31/h1-5,7-10,12-15,17,19H,6,11,16,18H2,(H,29,32)(H,30,33). The highest BCUT2D eigenvalue weighted by atomic mass is 32.2. The van der Waals surface area contributed by atoms with Crippen molar-refractivity contribution in [3.63, 3.8) is 0 Å². The number of carbonyl (C=O) groups excluding carboxylic acids is 2. The van der Waals surface area contributed by atoms with E-state index in [9.17, 15) is 18.0 Å². The summed E-state index contributed by atoms with van der Waals surface area (Å²) in [5.41, 5.74) is 7.39. The molecule has 0 fully saturated rings. The van der Waals surface area contributed by atoms with E-state index in [1.165, 1.54) is 28.6 Å². The van der Waals surface area contributed by atoms with Crippen molar-refractivity contribution >= 4 is 38.3 Å². The molecule has 2 amide bonds. The van der Waals surface area contributed by atoms with E-state index in [2.05, 4.69) is 10.9 Å². The minimum absolute atomic E-state index is 0.0225. The number of fused-ring (bicyclic) bond motifs is 2. The number of aryl methyl sites for hydroxylation is 1. The van der Waals surface area contributed by atoms with Crippen molar-refractivity contribution in [3.05, 3.63) is 108 Å². The fraction of sp³-hybridized carbons (Fsp3) is 0.143. The van der Waals surface area contributed by atoms with Gasteiger partial charge in [-0.25, -0.2) is 8.42 Å². The third-order valence-corrected chi connectivity index (χ3v) is 8.06. The van der Waals surface area contributed by atoms with Crippen LogP contribution in [0.5, 0.6) is 0 Å². The molecule has 4 aromatic carbocycles. The molecule has 0 atom stereocenters. The van der Waals surface area contributed by atoms with E-state index in [0.717, 1.165) is 34.7 Å². The summed E-state index contributed by atoms with van der Waals surface area (Å²) in [5.74, 6) is -0.981. The van der Waals surface area contributed by atoms with Crippen LogP contribution in [0.3, 0.4) is 0 Å². The van der Waals surface area contributed by atoms with Gasteiger partial charge < -0.3 is 0 Å². The van der Waals surface area contributed by atoms with Crippen molar-refractivity contribution in [2.75, 3.05) is 10.8 Å². The van der Waals surface area contributed by atoms with Crippen LogP contribution in [0.25, 0.3) is 10.8 Å². The van der Waals surface area contributed by atoms with E-state index in [1.54, 1.807) is 6.07 Å². The first-order valence-corrected chi connectivity index (χ1v) is 13.1. The summed E-state index contributed by atoms with van der Waals surface area (Å²) >= 11 is 0. The van der Waals surface area contributed by atoms with Crippen LogP contribution in [-0.2, 0) is 27.7 Å². The third-order valence-electron chi connectivity index (χ3n) is 6.25. The maximum Gasteiger partial charge on any atom is 0.269 e. The van der Waals surface area contributed by atoms with Gasteiger partial charge in [-0.1, -0.05) is 66.7 Å².